The maximum absolute atomic E-state index is 12.0. The van der Waals surface area contributed by atoms with E-state index in [9.17, 15) is 26.3 Å². The van der Waals surface area contributed by atoms with E-state index in [-0.39, 0.29) is 0 Å². The minimum Gasteiger partial charge on any atom is -0.266 e. The number of rotatable bonds is 3. The first-order valence-electron chi connectivity index (χ1n) is 2.67. The van der Waals surface area contributed by atoms with E-state index in [1.54, 1.807) is 0 Å². The van der Waals surface area contributed by atoms with E-state index in [2.05, 4.69) is 5.73 Å². The predicted octanol–water partition coefficient (Wildman–Crippen LogP) is 0.985. The third-order valence-electron chi connectivity index (χ3n) is 1.13. The summed E-state index contributed by atoms with van der Waals surface area (Å²) in [6, 6.07) is -10.3. The van der Waals surface area contributed by atoms with Crippen LogP contribution >= 0.6 is 0 Å². The number of hydrogen-bond donors (Lipinski definition) is 2. The van der Waals surface area contributed by atoms with Gasteiger partial charge in [0.15, 0.2) is 0 Å². The lowest BCUT2D eigenvalue weighted by Gasteiger charge is -2.29. The summed E-state index contributed by atoms with van der Waals surface area (Å²) in [5, 5.41) is 0.745. The fourth-order valence-corrected chi connectivity index (χ4v) is 0.366. The zero-order valence-electron chi connectivity index (χ0n) is 5.85. The molecular formula is C4H6F6N2. The SMILES string of the molecule is CNC(F)(F)C(F)(F)C(N)(F)F. The molecule has 0 aliphatic rings. The molecule has 74 valence electrons. The fraction of sp³-hybridized carbons (Fsp3) is 1.00. The smallest absolute Gasteiger partial charge is 0.266 e. The van der Waals surface area contributed by atoms with Crippen molar-refractivity contribution in [3.63, 3.8) is 0 Å². The molecule has 0 rings (SSSR count). The first kappa shape index (κ1) is 11.5. The highest BCUT2D eigenvalue weighted by Gasteiger charge is 2.69. The number of halogens is 6. The summed E-state index contributed by atoms with van der Waals surface area (Å²) in [6.45, 7) is 0. The number of nitrogens with two attached hydrogens (primary N) is 1. The van der Waals surface area contributed by atoms with Gasteiger partial charge in [-0.05, 0) is 7.05 Å². The van der Waals surface area contributed by atoms with Gasteiger partial charge < -0.3 is 0 Å². The second kappa shape index (κ2) is 2.77. The van der Waals surface area contributed by atoms with Crippen LogP contribution in [0.15, 0.2) is 0 Å². The normalized spacial score (nSPS) is 15.0. The maximum atomic E-state index is 12.0. The third-order valence-corrected chi connectivity index (χ3v) is 1.13. The van der Waals surface area contributed by atoms with Crippen molar-refractivity contribution in [3.05, 3.63) is 0 Å². The molecule has 0 saturated heterocycles. The highest BCUT2D eigenvalue weighted by atomic mass is 19.3. The third kappa shape index (κ3) is 1.63. The standard InChI is InChI=1S/C4H6F6N2/c1-12-4(9,10)2(5,6)3(7,8)11/h12H,11H2,1H3. The lowest BCUT2D eigenvalue weighted by molar-refractivity contribution is -0.315. The van der Waals surface area contributed by atoms with Gasteiger partial charge in [-0.3, -0.25) is 11.1 Å². The molecular weight excluding hydrogens is 190 g/mol. The molecule has 0 atom stereocenters. The maximum Gasteiger partial charge on any atom is 0.399 e. The van der Waals surface area contributed by atoms with Crippen LogP contribution in [-0.4, -0.2) is 25.1 Å². The van der Waals surface area contributed by atoms with Crippen LogP contribution in [0.2, 0.25) is 0 Å². The van der Waals surface area contributed by atoms with Crippen LogP contribution in [0, 0.1) is 0 Å². The number of hydrogen-bond acceptors (Lipinski definition) is 2. The summed E-state index contributed by atoms with van der Waals surface area (Å²) in [5.41, 5.74) is 3.57. The van der Waals surface area contributed by atoms with Gasteiger partial charge in [-0.25, -0.2) is 0 Å². The van der Waals surface area contributed by atoms with Gasteiger partial charge in [0.2, 0.25) is 0 Å². The molecule has 0 saturated carbocycles. The van der Waals surface area contributed by atoms with Gasteiger partial charge in [0.1, 0.15) is 0 Å². The van der Waals surface area contributed by atoms with Crippen LogP contribution in [0.25, 0.3) is 0 Å². The van der Waals surface area contributed by atoms with Crippen LogP contribution in [-0.2, 0) is 0 Å². The van der Waals surface area contributed by atoms with Crippen molar-refractivity contribution in [2.45, 2.75) is 18.0 Å². The Labute approximate surface area is 63.7 Å². The molecule has 0 radical (unpaired) electrons. The van der Waals surface area contributed by atoms with Crippen molar-refractivity contribution in [1.82, 2.24) is 5.32 Å². The Bertz CT molecular complexity index is 161. The van der Waals surface area contributed by atoms with Gasteiger partial charge in [-0.15, -0.1) is 0 Å². The first-order chi connectivity index (χ1) is 5.06. The van der Waals surface area contributed by atoms with Crippen molar-refractivity contribution in [3.8, 4) is 0 Å². The fourth-order valence-electron chi connectivity index (χ4n) is 0.366. The van der Waals surface area contributed by atoms with Gasteiger partial charge >= 0.3 is 18.0 Å². The molecule has 0 aliphatic carbocycles. The molecule has 0 spiro atoms. The molecule has 3 N–H and O–H groups in total. The van der Waals surface area contributed by atoms with E-state index in [4.69, 9.17) is 0 Å². The molecule has 8 heteroatoms. The minimum atomic E-state index is -5.62. The average Bonchev–Trinajstić information content (AvgIpc) is 1.85. The summed E-state index contributed by atoms with van der Waals surface area (Å²) in [5.74, 6) is -5.62. The Hall–Kier alpha value is -0.500. The summed E-state index contributed by atoms with van der Waals surface area (Å²) >= 11 is 0. The predicted molar refractivity (Wildman–Crippen MR) is 28.1 cm³/mol. The Morgan fingerprint density at radius 3 is 1.42 bits per heavy atom. The van der Waals surface area contributed by atoms with Crippen LogP contribution in [0.3, 0.4) is 0 Å². The molecule has 0 fully saturated rings. The molecule has 0 amide bonds. The van der Waals surface area contributed by atoms with E-state index < -0.39 is 18.0 Å². The molecule has 2 nitrogen and oxygen atoms in total. The van der Waals surface area contributed by atoms with Crippen molar-refractivity contribution >= 4 is 0 Å². The van der Waals surface area contributed by atoms with Crippen LogP contribution in [0.4, 0.5) is 26.3 Å². The molecule has 0 heterocycles. The Morgan fingerprint density at radius 2 is 1.33 bits per heavy atom. The van der Waals surface area contributed by atoms with E-state index in [1.165, 1.54) is 0 Å². The first-order valence-corrected chi connectivity index (χ1v) is 2.67. The van der Waals surface area contributed by atoms with E-state index in [0.29, 0.717) is 7.05 Å². The van der Waals surface area contributed by atoms with Gasteiger partial charge in [0, 0.05) is 0 Å². The van der Waals surface area contributed by atoms with Gasteiger partial charge in [-0.1, -0.05) is 0 Å². The van der Waals surface area contributed by atoms with Crippen LogP contribution in [0.1, 0.15) is 0 Å². The zero-order valence-corrected chi connectivity index (χ0v) is 5.85. The van der Waals surface area contributed by atoms with Crippen LogP contribution in [0.5, 0.6) is 0 Å². The minimum absolute atomic E-state index is 0.416. The monoisotopic (exact) mass is 196 g/mol. The van der Waals surface area contributed by atoms with E-state index in [0.717, 1.165) is 5.32 Å². The number of nitrogens with one attached hydrogen (secondary N) is 1. The van der Waals surface area contributed by atoms with Crippen molar-refractivity contribution in [2.75, 3.05) is 7.05 Å². The molecule has 0 aromatic carbocycles. The summed E-state index contributed by atoms with van der Waals surface area (Å²) in [7, 11) is 0.416. The highest BCUT2D eigenvalue weighted by molar-refractivity contribution is 4.90. The average molecular weight is 196 g/mol. The second-order valence-electron chi connectivity index (χ2n) is 2.02. The molecule has 12 heavy (non-hydrogen) atoms. The number of alkyl halides is 6. The largest absolute Gasteiger partial charge is 0.399 e. The molecule has 0 aromatic rings. The quantitative estimate of drug-likeness (QED) is 0.521. The molecule has 0 unspecified atom stereocenters. The molecule has 0 aromatic heterocycles. The Balaban J connectivity index is 4.85. The van der Waals surface area contributed by atoms with Gasteiger partial charge in [0.25, 0.3) is 0 Å². The zero-order chi connectivity index (χ0) is 10.2. The topological polar surface area (TPSA) is 38.0 Å². The molecule has 0 aliphatic heterocycles. The highest BCUT2D eigenvalue weighted by Crippen LogP contribution is 2.40. The lowest BCUT2D eigenvalue weighted by atomic mass is 10.2. The van der Waals surface area contributed by atoms with Gasteiger partial charge in [-0.2, -0.15) is 26.3 Å². The Kier molecular flexibility index (Phi) is 2.65. The summed E-state index contributed by atoms with van der Waals surface area (Å²) in [4.78, 5) is 0. The second-order valence-corrected chi connectivity index (χ2v) is 2.02. The Morgan fingerprint density at radius 1 is 1.00 bits per heavy atom. The van der Waals surface area contributed by atoms with Crippen molar-refractivity contribution in [1.29, 1.82) is 0 Å². The summed E-state index contributed by atoms with van der Waals surface area (Å²) in [6.07, 6.45) is 0. The van der Waals surface area contributed by atoms with Crippen molar-refractivity contribution in [2.24, 2.45) is 5.73 Å². The lowest BCUT2D eigenvalue weighted by Crippen LogP contribution is -2.63. The van der Waals surface area contributed by atoms with Crippen LogP contribution < -0.4 is 11.1 Å². The van der Waals surface area contributed by atoms with E-state index in [1.807, 2.05) is 0 Å². The molecule has 0 bridgehead atoms. The summed E-state index contributed by atoms with van der Waals surface area (Å²) < 4.78 is 71.4. The van der Waals surface area contributed by atoms with Crippen molar-refractivity contribution < 1.29 is 26.3 Å². The van der Waals surface area contributed by atoms with E-state index >= 15 is 0 Å². The van der Waals surface area contributed by atoms with Gasteiger partial charge in [0.05, 0.1) is 0 Å².